The van der Waals surface area contributed by atoms with Crippen LogP contribution in [0.25, 0.3) is 0 Å². The quantitative estimate of drug-likeness (QED) is 0.253. The van der Waals surface area contributed by atoms with Crippen LogP contribution in [0.15, 0.2) is 0 Å². The molecule has 11 nitrogen and oxygen atoms in total. The SMILES string of the molecule is CC(OC(=O)CCC(=O)OC1CC(C(=O)OC2(C)CC3CCC2(C)C3(C)C)OC1=O)C(F)(F)S(=O)(=O)O. The van der Waals surface area contributed by atoms with E-state index in [9.17, 15) is 36.4 Å². The van der Waals surface area contributed by atoms with Gasteiger partial charge in [0.25, 0.3) is 0 Å². The van der Waals surface area contributed by atoms with Crippen LogP contribution in [-0.2, 0) is 48.2 Å². The van der Waals surface area contributed by atoms with Gasteiger partial charge < -0.3 is 18.9 Å². The molecule has 2 bridgehead atoms. The zero-order valence-corrected chi connectivity index (χ0v) is 22.1. The van der Waals surface area contributed by atoms with Crippen molar-refractivity contribution >= 4 is 34.0 Å². The second kappa shape index (κ2) is 9.44. The van der Waals surface area contributed by atoms with Crippen LogP contribution < -0.4 is 0 Å². The highest BCUT2D eigenvalue weighted by Crippen LogP contribution is 2.70. The number of carbonyl (C=O) groups is 4. The van der Waals surface area contributed by atoms with E-state index in [-0.39, 0.29) is 17.3 Å². The van der Waals surface area contributed by atoms with Crippen molar-refractivity contribution in [3.63, 3.8) is 0 Å². The third kappa shape index (κ3) is 5.06. The van der Waals surface area contributed by atoms with Crippen LogP contribution >= 0.6 is 0 Å². The van der Waals surface area contributed by atoms with Crippen LogP contribution in [0.1, 0.15) is 73.1 Å². The smallest absolute Gasteiger partial charge is 0.405 e. The Hall–Kier alpha value is -2.35. The van der Waals surface area contributed by atoms with Gasteiger partial charge >= 0.3 is 39.2 Å². The van der Waals surface area contributed by atoms with Gasteiger partial charge in [-0.2, -0.15) is 17.2 Å². The number of carbonyl (C=O) groups excluding carboxylic acids is 4. The van der Waals surface area contributed by atoms with E-state index in [1.807, 2.05) is 6.92 Å². The predicted molar refractivity (Wildman–Crippen MR) is 119 cm³/mol. The van der Waals surface area contributed by atoms with Gasteiger partial charge in [-0.1, -0.05) is 20.8 Å². The molecule has 1 N–H and O–H groups in total. The molecule has 1 aliphatic heterocycles. The van der Waals surface area contributed by atoms with Gasteiger partial charge in [0.15, 0.2) is 6.10 Å². The lowest BCUT2D eigenvalue weighted by Crippen LogP contribution is -2.49. The van der Waals surface area contributed by atoms with Gasteiger partial charge in [-0.25, -0.2) is 9.59 Å². The molecule has 0 spiro atoms. The molecular formula is C23H32F2O11S. The van der Waals surface area contributed by atoms with Gasteiger partial charge in [-0.15, -0.1) is 0 Å². The lowest BCUT2D eigenvalue weighted by molar-refractivity contribution is -0.187. The minimum Gasteiger partial charge on any atom is -0.456 e. The minimum absolute atomic E-state index is 0.0341. The molecule has 2 aliphatic carbocycles. The Balaban J connectivity index is 1.49. The molecule has 1 heterocycles. The van der Waals surface area contributed by atoms with E-state index in [1.165, 1.54) is 0 Å². The molecule has 0 amide bonds. The predicted octanol–water partition coefficient (Wildman–Crippen LogP) is 2.55. The van der Waals surface area contributed by atoms with Gasteiger partial charge in [0, 0.05) is 11.8 Å². The summed E-state index contributed by atoms with van der Waals surface area (Å²) in [6, 6.07) is 0. The summed E-state index contributed by atoms with van der Waals surface area (Å²) in [7, 11) is -5.83. The first kappa shape index (κ1) is 29.2. The average molecular weight is 555 g/mol. The van der Waals surface area contributed by atoms with Crippen LogP contribution in [0, 0.1) is 16.7 Å². The summed E-state index contributed by atoms with van der Waals surface area (Å²) in [5.41, 5.74) is -1.04. The third-order valence-electron chi connectivity index (χ3n) is 8.71. The summed E-state index contributed by atoms with van der Waals surface area (Å²) in [5, 5.41) is -4.75. The number of cyclic esters (lactones) is 1. The molecule has 2 saturated carbocycles. The van der Waals surface area contributed by atoms with Crippen molar-refractivity contribution in [2.24, 2.45) is 16.7 Å². The number of hydrogen-bond acceptors (Lipinski definition) is 10. The summed E-state index contributed by atoms with van der Waals surface area (Å²) >= 11 is 0. The van der Waals surface area contributed by atoms with E-state index in [1.54, 1.807) is 0 Å². The van der Waals surface area contributed by atoms with Gasteiger partial charge in [0.1, 0.15) is 5.60 Å². The second-order valence-corrected chi connectivity index (χ2v) is 12.4. The molecule has 3 rings (SSSR count). The summed E-state index contributed by atoms with van der Waals surface area (Å²) in [6.07, 6.45) is -4.34. The van der Waals surface area contributed by atoms with E-state index in [2.05, 4.69) is 25.5 Å². The molecule has 14 heteroatoms. The summed E-state index contributed by atoms with van der Waals surface area (Å²) in [4.78, 5) is 48.8. The van der Waals surface area contributed by atoms with Crippen molar-refractivity contribution in [3.8, 4) is 0 Å². The lowest BCUT2D eigenvalue weighted by Gasteiger charge is -2.46. The van der Waals surface area contributed by atoms with Crippen LogP contribution in [0.3, 0.4) is 0 Å². The normalized spacial score (nSPS) is 33.5. The number of ether oxygens (including phenoxy) is 4. The average Bonchev–Trinajstić information content (AvgIpc) is 3.28. The fourth-order valence-electron chi connectivity index (χ4n) is 5.79. The zero-order valence-electron chi connectivity index (χ0n) is 21.2. The van der Waals surface area contributed by atoms with Crippen molar-refractivity contribution in [1.82, 2.24) is 0 Å². The number of esters is 4. The van der Waals surface area contributed by atoms with Gasteiger partial charge in [0.05, 0.1) is 12.8 Å². The van der Waals surface area contributed by atoms with Gasteiger partial charge in [-0.05, 0) is 44.4 Å². The molecule has 37 heavy (non-hydrogen) atoms. The number of alkyl halides is 2. The molecule has 3 fully saturated rings. The Labute approximate surface area is 213 Å². The van der Waals surface area contributed by atoms with E-state index < -0.39 is 76.0 Å². The van der Waals surface area contributed by atoms with Crippen molar-refractivity contribution in [2.75, 3.05) is 0 Å². The molecule has 0 aromatic rings. The van der Waals surface area contributed by atoms with E-state index in [0.29, 0.717) is 19.3 Å². The molecule has 0 aromatic carbocycles. The van der Waals surface area contributed by atoms with Crippen LogP contribution in [0.2, 0.25) is 0 Å². The Kier molecular flexibility index (Phi) is 7.45. The molecule has 0 aromatic heterocycles. The van der Waals surface area contributed by atoms with Crippen LogP contribution in [0.4, 0.5) is 8.78 Å². The van der Waals surface area contributed by atoms with Crippen molar-refractivity contribution in [1.29, 1.82) is 0 Å². The highest BCUT2D eigenvalue weighted by atomic mass is 32.2. The molecule has 1 saturated heterocycles. The van der Waals surface area contributed by atoms with Crippen molar-refractivity contribution < 1.29 is 59.9 Å². The van der Waals surface area contributed by atoms with Crippen molar-refractivity contribution in [3.05, 3.63) is 0 Å². The maximum atomic E-state index is 13.5. The maximum absolute atomic E-state index is 13.5. The summed E-state index contributed by atoms with van der Waals surface area (Å²) in [5.74, 6) is -3.75. The fraction of sp³-hybridized carbons (Fsp3) is 0.826. The number of rotatable bonds is 9. The first-order chi connectivity index (χ1) is 16.7. The molecular weight excluding hydrogens is 522 g/mol. The topological polar surface area (TPSA) is 160 Å². The Morgan fingerprint density at radius 2 is 1.76 bits per heavy atom. The molecule has 3 aliphatic rings. The Morgan fingerprint density at radius 3 is 2.27 bits per heavy atom. The van der Waals surface area contributed by atoms with E-state index in [4.69, 9.17) is 18.8 Å². The number of hydrogen-bond donors (Lipinski definition) is 1. The van der Waals surface area contributed by atoms with Gasteiger partial charge in [0.2, 0.25) is 12.2 Å². The highest BCUT2D eigenvalue weighted by Gasteiger charge is 2.69. The first-order valence-corrected chi connectivity index (χ1v) is 13.4. The molecule has 6 atom stereocenters. The number of halogens is 2. The van der Waals surface area contributed by atoms with Gasteiger partial charge in [-0.3, -0.25) is 14.1 Å². The second-order valence-electron chi connectivity index (χ2n) is 11.0. The number of fused-ring (bicyclic) bond motifs is 2. The Bertz CT molecular complexity index is 1090. The Morgan fingerprint density at radius 1 is 1.16 bits per heavy atom. The van der Waals surface area contributed by atoms with Crippen LogP contribution in [0.5, 0.6) is 0 Å². The third-order valence-corrected chi connectivity index (χ3v) is 9.73. The molecule has 0 radical (unpaired) electrons. The van der Waals surface area contributed by atoms with E-state index >= 15 is 0 Å². The lowest BCUT2D eigenvalue weighted by atomic mass is 9.65. The van der Waals surface area contributed by atoms with E-state index in [0.717, 1.165) is 12.8 Å². The molecule has 210 valence electrons. The largest absolute Gasteiger partial charge is 0.456 e. The summed E-state index contributed by atoms with van der Waals surface area (Å²) in [6.45, 7) is 8.84. The standard InChI is InChI=1S/C23H32F2O11S/c1-12(23(24,25)37(30,31)32)33-16(26)6-7-17(27)34-14-10-15(35-18(14)28)19(29)36-22(5)11-13-8-9-21(22,4)20(13,2)3/h12-15H,6-11H2,1-5H3,(H,30,31,32). The minimum atomic E-state index is -5.83. The van der Waals surface area contributed by atoms with Crippen molar-refractivity contribution in [2.45, 2.75) is 102 Å². The fourth-order valence-corrected chi connectivity index (χ4v) is 6.26. The summed E-state index contributed by atoms with van der Waals surface area (Å²) < 4.78 is 77.0. The van der Waals surface area contributed by atoms with Crippen LogP contribution in [-0.4, -0.2) is 66.0 Å². The highest BCUT2D eigenvalue weighted by molar-refractivity contribution is 7.86. The maximum Gasteiger partial charge on any atom is 0.405 e. The zero-order chi connectivity index (χ0) is 28.2. The molecule has 6 unspecified atom stereocenters. The first-order valence-electron chi connectivity index (χ1n) is 11.9. The monoisotopic (exact) mass is 554 g/mol.